The van der Waals surface area contributed by atoms with Crippen molar-refractivity contribution in [1.29, 1.82) is 0 Å². The summed E-state index contributed by atoms with van der Waals surface area (Å²) in [5.41, 5.74) is 0.734. The lowest BCUT2D eigenvalue weighted by molar-refractivity contribution is 0.277. The monoisotopic (exact) mass is 240 g/mol. The van der Waals surface area contributed by atoms with E-state index in [1.165, 1.54) is 0 Å². The maximum Gasteiger partial charge on any atom is 0.137 e. The van der Waals surface area contributed by atoms with Gasteiger partial charge < -0.3 is 10.0 Å². The van der Waals surface area contributed by atoms with Gasteiger partial charge in [-0.2, -0.15) is 0 Å². The van der Waals surface area contributed by atoms with Gasteiger partial charge in [0, 0.05) is 18.5 Å². The highest BCUT2D eigenvalue weighted by Gasteiger charge is 2.13. The number of aromatic nitrogens is 1. The van der Waals surface area contributed by atoms with Crippen LogP contribution in [0.2, 0.25) is 0 Å². The Hall–Kier alpha value is -1.87. The highest BCUT2D eigenvalue weighted by atomic mass is 16.3. The summed E-state index contributed by atoms with van der Waals surface area (Å²) in [6.07, 6.45) is 5.43. The molecule has 1 aromatic carbocycles. The Bertz CT molecular complexity index is 592. The van der Waals surface area contributed by atoms with E-state index in [4.69, 9.17) is 0 Å². The Kier molecular flexibility index (Phi) is 2.99. The lowest BCUT2D eigenvalue weighted by atomic mass is 10.1. The topological polar surface area (TPSA) is 36.4 Å². The van der Waals surface area contributed by atoms with E-state index in [1.54, 1.807) is 0 Å². The zero-order valence-electron chi connectivity index (χ0n) is 10.2. The number of anilines is 1. The highest BCUT2D eigenvalue weighted by molar-refractivity contribution is 5.92. The molecule has 3 nitrogen and oxygen atoms in total. The van der Waals surface area contributed by atoms with Crippen LogP contribution < -0.4 is 4.90 Å². The van der Waals surface area contributed by atoms with Crippen LogP contribution in [-0.4, -0.2) is 23.2 Å². The minimum Gasteiger partial charge on any atom is -0.390 e. The fraction of sp³-hybridized carbons (Fsp3) is 0.267. The number of nitrogens with zero attached hydrogens (tertiary/aromatic N) is 2. The Morgan fingerprint density at radius 2 is 2.11 bits per heavy atom. The second-order valence-corrected chi connectivity index (χ2v) is 4.52. The zero-order chi connectivity index (χ0) is 12.4. The summed E-state index contributed by atoms with van der Waals surface area (Å²) in [6.45, 7) is 1.87. The lowest BCUT2D eigenvalue weighted by Crippen LogP contribution is -2.28. The van der Waals surface area contributed by atoms with Crippen molar-refractivity contribution in [2.24, 2.45) is 0 Å². The summed E-state index contributed by atoms with van der Waals surface area (Å²) in [4.78, 5) is 6.85. The molecule has 3 rings (SSSR count). The molecule has 0 unspecified atom stereocenters. The quantitative estimate of drug-likeness (QED) is 0.819. The molecule has 1 aliphatic rings. The van der Waals surface area contributed by atoms with Crippen LogP contribution in [0.4, 0.5) is 5.82 Å². The van der Waals surface area contributed by atoms with Gasteiger partial charge in [-0.1, -0.05) is 36.4 Å². The smallest absolute Gasteiger partial charge is 0.137 e. The van der Waals surface area contributed by atoms with Gasteiger partial charge in [-0.25, -0.2) is 4.98 Å². The van der Waals surface area contributed by atoms with Crippen LogP contribution in [-0.2, 0) is 6.61 Å². The van der Waals surface area contributed by atoms with Gasteiger partial charge in [0.2, 0.25) is 0 Å². The first-order valence-corrected chi connectivity index (χ1v) is 6.28. The number of fused-ring (bicyclic) bond motifs is 1. The third-order valence-electron chi connectivity index (χ3n) is 3.29. The fourth-order valence-corrected chi connectivity index (χ4v) is 2.39. The average Bonchev–Trinajstić information content (AvgIpc) is 2.47. The molecule has 0 amide bonds. The molecule has 0 bridgehead atoms. The van der Waals surface area contributed by atoms with Crippen molar-refractivity contribution in [2.75, 3.05) is 18.0 Å². The summed E-state index contributed by atoms with van der Waals surface area (Å²) in [5.74, 6) is 0.988. The van der Waals surface area contributed by atoms with Crippen LogP contribution in [0.1, 0.15) is 12.1 Å². The van der Waals surface area contributed by atoms with Crippen molar-refractivity contribution >= 4 is 16.6 Å². The Labute approximate surface area is 106 Å². The van der Waals surface area contributed by atoms with E-state index >= 15 is 0 Å². The summed E-state index contributed by atoms with van der Waals surface area (Å²) < 4.78 is 0. The number of benzene rings is 1. The molecule has 1 aromatic heterocycles. The molecule has 0 saturated heterocycles. The first kappa shape index (κ1) is 11.2. The second kappa shape index (κ2) is 4.78. The summed E-state index contributed by atoms with van der Waals surface area (Å²) in [5, 5.41) is 11.6. The van der Waals surface area contributed by atoms with E-state index in [9.17, 15) is 5.11 Å². The highest BCUT2D eigenvalue weighted by Crippen LogP contribution is 2.26. The van der Waals surface area contributed by atoms with Gasteiger partial charge in [-0.05, 0) is 17.9 Å². The van der Waals surface area contributed by atoms with Gasteiger partial charge in [0.1, 0.15) is 5.82 Å². The van der Waals surface area contributed by atoms with Crippen molar-refractivity contribution in [1.82, 2.24) is 4.98 Å². The number of pyridine rings is 1. The summed E-state index contributed by atoms with van der Waals surface area (Å²) >= 11 is 0. The average molecular weight is 240 g/mol. The Morgan fingerprint density at radius 3 is 2.89 bits per heavy atom. The minimum atomic E-state index is -0.0124. The molecule has 2 aromatic rings. The van der Waals surface area contributed by atoms with Gasteiger partial charge in [0.15, 0.2) is 0 Å². The van der Waals surface area contributed by atoms with Crippen LogP contribution in [0.3, 0.4) is 0 Å². The summed E-state index contributed by atoms with van der Waals surface area (Å²) in [7, 11) is 0. The molecular weight excluding hydrogens is 224 g/mol. The Balaban J connectivity index is 2.16. The second-order valence-electron chi connectivity index (χ2n) is 4.52. The van der Waals surface area contributed by atoms with Gasteiger partial charge in [0.25, 0.3) is 0 Å². The number of rotatable bonds is 2. The van der Waals surface area contributed by atoms with E-state index < -0.39 is 0 Å². The molecule has 0 spiro atoms. The largest absolute Gasteiger partial charge is 0.390 e. The Morgan fingerprint density at radius 1 is 1.22 bits per heavy atom. The van der Waals surface area contributed by atoms with Crippen LogP contribution in [0, 0.1) is 0 Å². The molecule has 92 valence electrons. The number of hydrogen-bond donors (Lipinski definition) is 1. The predicted molar refractivity (Wildman–Crippen MR) is 73.6 cm³/mol. The maximum absolute atomic E-state index is 9.32. The number of hydrogen-bond acceptors (Lipinski definition) is 3. The van der Waals surface area contributed by atoms with E-state index in [2.05, 4.69) is 34.2 Å². The predicted octanol–water partition coefficient (Wildman–Crippen LogP) is 2.49. The van der Waals surface area contributed by atoms with E-state index in [-0.39, 0.29) is 6.61 Å². The molecule has 3 heteroatoms. The number of aliphatic hydroxyl groups excluding tert-OH is 1. The van der Waals surface area contributed by atoms with Crippen LogP contribution in [0.25, 0.3) is 10.8 Å². The van der Waals surface area contributed by atoms with Crippen LogP contribution >= 0.6 is 0 Å². The van der Waals surface area contributed by atoms with E-state index in [0.717, 1.165) is 41.8 Å². The van der Waals surface area contributed by atoms with E-state index in [0.29, 0.717) is 0 Å². The molecule has 1 N–H and O–H groups in total. The first-order chi connectivity index (χ1) is 8.88. The van der Waals surface area contributed by atoms with Crippen molar-refractivity contribution in [3.63, 3.8) is 0 Å². The van der Waals surface area contributed by atoms with Gasteiger partial charge >= 0.3 is 0 Å². The van der Waals surface area contributed by atoms with Crippen molar-refractivity contribution in [3.8, 4) is 0 Å². The molecular formula is C15H16N2O. The maximum atomic E-state index is 9.32. The third-order valence-corrected chi connectivity index (χ3v) is 3.29. The van der Waals surface area contributed by atoms with Crippen molar-refractivity contribution in [3.05, 3.63) is 48.2 Å². The van der Waals surface area contributed by atoms with Crippen molar-refractivity contribution in [2.45, 2.75) is 13.0 Å². The fourth-order valence-electron chi connectivity index (χ4n) is 2.39. The van der Waals surface area contributed by atoms with Crippen molar-refractivity contribution < 1.29 is 5.11 Å². The number of aliphatic hydroxyl groups is 1. The third kappa shape index (κ3) is 1.97. The van der Waals surface area contributed by atoms with Gasteiger partial charge in [0.05, 0.1) is 12.3 Å². The summed E-state index contributed by atoms with van der Waals surface area (Å²) in [6, 6.07) is 10.2. The molecule has 0 atom stereocenters. The normalized spacial score (nSPS) is 15.3. The molecule has 0 fully saturated rings. The molecule has 0 radical (unpaired) electrons. The van der Waals surface area contributed by atoms with E-state index in [1.807, 2.05) is 18.2 Å². The van der Waals surface area contributed by atoms with Crippen LogP contribution in [0.5, 0.6) is 0 Å². The SMILES string of the molecule is OCc1cc2ccccc2c(N2CC=CCC2)n1. The molecule has 18 heavy (non-hydrogen) atoms. The van der Waals surface area contributed by atoms with Gasteiger partial charge in [-0.3, -0.25) is 0 Å². The molecule has 0 saturated carbocycles. The minimum absolute atomic E-state index is 0.0124. The zero-order valence-corrected chi connectivity index (χ0v) is 10.2. The first-order valence-electron chi connectivity index (χ1n) is 6.28. The van der Waals surface area contributed by atoms with Crippen LogP contribution in [0.15, 0.2) is 42.5 Å². The standard InChI is InChI=1S/C15H16N2O/c18-11-13-10-12-6-2-3-7-14(12)15(16-13)17-8-4-1-5-9-17/h1-4,6-7,10,18H,5,8-9,11H2. The van der Waals surface area contributed by atoms with Gasteiger partial charge in [-0.15, -0.1) is 0 Å². The molecule has 2 heterocycles. The molecule has 1 aliphatic heterocycles. The lowest BCUT2D eigenvalue weighted by Gasteiger charge is -2.26. The molecule has 0 aliphatic carbocycles.